The quantitative estimate of drug-likeness (QED) is 0.159. The van der Waals surface area contributed by atoms with Gasteiger partial charge in [0, 0.05) is 38.2 Å². The standard InChI is InChI=1S/C63H40N8O2.C4H8.C3H6/c1-35-28-36(2)60(37(3)29-35)61-64-48(38-20-24-56-42(30-38)44-32-40(22-26-58(44)72-56)68-52-16-8-10-18-54(52)70-50-14-6-4-12-46(50)66-62(68)70)34-49(65-61)39-21-25-57-43(31-39)45-33-41(23-27-59(45)73-57)69-53-17-9-11-19-55(53)71-51-15-7-5-13-47(51)67-63(69)71;1-3-4-2;1-3-2/h4-34H,1-3H3;3-4H,1-2H3;3H,1H2,2H3/b;4-3-;. The summed E-state index contributed by atoms with van der Waals surface area (Å²) >= 11 is 0. The second-order valence-electron chi connectivity index (χ2n) is 20.4. The van der Waals surface area contributed by atoms with Crippen molar-refractivity contribution in [3.05, 3.63) is 230 Å². The molecule has 0 saturated heterocycles. The molecule has 7 aromatic heterocycles. The molecule has 0 aliphatic heterocycles. The molecule has 10 heteroatoms. The van der Waals surface area contributed by atoms with E-state index < -0.39 is 0 Å². The number of aryl methyl sites for hydroxylation is 3. The Bertz CT molecular complexity index is 4880. The summed E-state index contributed by atoms with van der Waals surface area (Å²) in [5, 5.41) is 4.01. The van der Waals surface area contributed by atoms with Crippen LogP contribution >= 0.6 is 0 Å². The minimum atomic E-state index is 0.674. The van der Waals surface area contributed by atoms with Crippen molar-refractivity contribution in [3.8, 4) is 45.3 Å². The minimum Gasteiger partial charge on any atom is -0.456 e. The largest absolute Gasteiger partial charge is 0.456 e. The van der Waals surface area contributed by atoms with E-state index in [1.165, 1.54) is 5.56 Å². The van der Waals surface area contributed by atoms with Crippen LogP contribution in [0.5, 0.6) is 0 Å². The third-order valence-corrected chi connectivity index (χ3v) is 15.2. The summed E-state index contributed by atoms with van der Waals surface area (Å²) < 4.78 is 22.1. The Kier molecular flexibility index (Phi) is 11.4. The van der Waals surface area contributed by atoms with Crippen molar-refractivity contribution in [1.82, 2.24) is 37.9 Å². The van der Waals surface area contributed by atoms with Crippen molar-refractivity contribution >= 4 is 99.6 Å². The summed E-state index contributed by atoms with van der Waals surface area (Å²) in [6.07, 6.45) is 5.75. The van der Waals surface area contributed by atoms with Gasteiger partial charge in [-0.2, -0.15) is 0 Å². The second kappa shape index (κ2) is 19.0. The van der Waals surface area contributed by atoms with Crippen molar-refractivity contribution in [2.75, 3.05) is 0 Å². The lowest BCUT2D eigenvalue weighted by molar-refractivity contribution is 0.668. The van der Waals surface area contributed by atoms with Gasteiger partial charge in [0.2, 0.25) is 11.6 Å². The predicted molar refractivity (Wildman–Crippen MR) is 330 cm³/mol. The molecule has 386 valence electrons. The Labute approximate surface area is 460 Å². The molecule has 0 aliphatic rings. The van der Waals surface area contributed by atoms with Crippen molar-refractivity contribution < 1.29 is 8.83 Å². The first kappa shape index (κ1) is 48.1. The normalized spacial score (nSPS) is 11.9. The van der Waals surface area contributed by atoms with Crippen LogP contribution in [0.4, 0.5) is 0 Å². The highest BCUT2D eigenvalue weighted by molar-refractivity contribution is 6.09. The Morgan fingerprint density at radius 2 is 0.775 bits per heavy atom. The van der Waals surface area contributed by atoms with Gasteiger partial charge in [-0.25, -0.2) is 19.9 Å². The Balaban J connectivity index is 0.000000783. The fourth-order valence-corrected chi connectivity index (χ4v) is 11.7. The van der Waals surface area contributed by atoms with Crippen LogP contribution in [-0.4, -0.2) is 37.9 Å². The SMILES string of the molecule is C/C=C\C.C=CC.Cc1cc(C)c(-c2nc(-c3ccc4oc5ccc(-n6c7ccccc7n7c8ccccc8nc67)cc5c4c3)cc(-c3ccc4oc5ccc(-n6c7ccccc7n7c8ccccc8nc67)cc5c4c3)n2)c(C)c1. The van der Waals surface area contributed by atoms with E-state index in [1.54, 1.807) is 6.08 Å². The number of nitrogens with zero attached hydrogens (tertiary/aromatic N) is 8. The number of para-hydroxylation sites is 8. The second-order valence-corrected chi connectivity index (χ2v) is 20.4. The summed E-state index contributed by atoms with van der Waals surface area (Å²) in [5.74, 6) is 2.39. The van der Waals surface area contributed by atoms with Gasteiger partial charge in [0.15, 0.2) is 5.82 Å². The number of hydrogen-bond donors (Lipinski definition) is 0. The highest BCUT2D eigenvalue weighted by atomic mass is 16.3. The molecule has 16 rings (SSSR count). The molecule has 0 unspecified atom stereocenters. The third-order valence-electron chi connectivity index (χ3n) is 15.2. The summed E-state index contributed by atoms with van der Waals surface area (Å²) in [6.45, 7) is 15.7. The van der Waals surface area contributed by atoms with Gasteiger partial charge in [-0.05, 0) is 180 Å². The summed E-state index contributed by atoms with van der Waals surface area (Å²) in [7, 11) is 0. The molecule has 16 aromatic rings. The van der Waals surface area contributed by atoms with Crippen LogP contribution in [0, 0.1) is 20.8 Å². The van der Waals surface area contributed by atoms with Crippen LogP contribution in [0.2, 0.25) is 0 Å². The van der Waals surface area contributed by atoms with Crippen molar-refractivity contribution in [3.63, 3.8) is 0 Å². The Morgan fingerprint density at radius 3 is 1.20 bits per heavy atom. The van der Waals surface area contributed by atoms with Gasteiger partial charge >= 0.3 is 0 Å². The monoisotopic (exact) mass is 1040 g/mol. The lowest BCUT2D eigenvalue weighted by Crippen LogP contribution is -1.99. The summed E-state index contributed by atoms with van der Waals surface area (Å²) in [4.78, 5) is 21.1. The molecule has 0 N–H and O–H groups in total. The number of furan rings is 2. The third kappa shape index (κ3) is 7.62. The molecule has 0 spiro atoms. The molecule has 9 aromatic carbocycles. The van der Waals surface area contributed by atoms with E-state index in [-0.39, 0.29) is 0 Å². The van der Waals surface area contributed by atoms with Gasteiger partial charge in [-0.1, -0.05) is 84.5 Å². The van der Waals surface area contributed by atoms with Crippen LogP contribution in [0.3, 0.4) is 0 Å². The molecule has 0 bridgehead atoms. The average molecular weight is 1040 g/mol. The zero-order valence-corrected chi connectivity index (χ0v) is 45.2. The molecular formula is C70H54N8O2. The molecule has 0 fully saturated rings. The van der Waals surface area contributed by atoms with E-state index in [4.69, 9.17) is 28.8 Å². The van der Waals surface area contributed by atoms with Crippen LogP contribution in [0.15, 0.2) is 222 Å². The average Bonchev–Trinajstić information content (AvgIpc) is 4.43. The molecule has 0 aliphatic carbocycles. The van der Waals surface area contributed by atoms with Gasteiger partial charge in [-0.3, -0.25) is 17.9 Å². The van der Waals surface area contributed by atoms with E-state index in [9.17, 15) is 0 Å². The molecule has 10 nitrogen and oxygen atoms in total. The summed E-state index contributed by atoms with van der Waals surface area (Å²) in [6, 6.07) is 65.7. The van der Waals surface area contributed by atoms with Gasteiger partial charge in [0.05, 0.1) is 66.9 Å². The van der Waals surface area contributed by atoms with Gasteiger partial charge in [-0.15, -0.1) is 6.58 Å². The van der Waals surface area contributed by atoms with Crippen molar-refractivity contribution in [2.45, 2.75) is 41.5 Å². The lowest BCUT2D eigenvalue weighted by atomic mass is 9.98. The maximum atomic E-state index is 6.55. The van der Waals surface area contributed by atoms with Gasteiger partial charge < -0.3 is 8.83 Å². The zero-order chi connectivity index (χ0) is 54.3. The van der Waals surface area contributed by atoms with Crippen LogP contribution in [0.25, 0.3) is 145 Å². The molecule has 0 atom stereocenters. The number of hydrogen-bond acceptors (Lipinski definition) is 6. The summed E-state index contributed by atoms with van der Waals surface area (Å²) in [5.41, 5.74) is 21.6. The number of aromatic nitrogens is 8. The predicted octanol–water partition coefficient (Wildman–Crippen LogP) is 18.5. The number of allylic oxidation sites excluding steroid dienone is 3. The lowest BCUT2D eigenvalue weighted by Gasteiger charge is -2.14. The zero-order valence-electron chi connectivity index (χ0n) is 45.2. The molecule has 0 radical (unpaired) electrons. The maximum Gasteiger partial charge on any atom is 0.220 e. The fraction of sp³-hybridized carbons (Fsp3) is 0.0857. The van der Waals surface area contributed by atoms with Crippen LogP contribution in [0.1, 0.15) is 37.5 Å². The highest BCUT2D eigenvalue weighted by Crippen LogP contribution is 2.40. The Hall–Kier alpha value is -10.3. The first-order valence-corrected chi connectivity index (χ1v) is 27.0. The highest BCUT2D eigenvalue weighted by Gasteiger charge is 2.22. The first-order valence-electron chi connectivity index (χ1n) is 27.0. The minimum absolute atomic E-state index is 0.674. The smallest absolute Gasteiger partial charge is 0.220 e. The molecular weight excluding hydrogens is 985 g/mol. The first-order chi connectivity index (χ1) is 39.2. The molecule has 7 heterocycles. The topological polar surface area (TPSA) is 96.5 Å². The molecule has 0 saturated carbocycles. The van der Waals surface area contributed by atoms with E-state index >= 15 is 0 Å². The number of fused-ring (bicyclic) bond motifs is 16. The number of rotatable bonds is 5. The van der Waals surface area contributed by atoms with Crippen molar-refractivity contribution in [2.24, 2.45) is 0 Å². The van der Waals surface area contributed by atoms with E-state index in [0.717, 1.165) is 150 Å². The van der Waals surface area contributed by atoms with Gasteiger partial charge in [0.25, 0.3) is 0 Å². The number of benzene rings is 9. The van der Waals surface area contributed by atoms with Crippen LogP contribution in [-0.2, 0) is 0 Å². The van der Waals surface area contributed by atoms with E-state index in [1.807, 2.05) is 45.1 Å². The number of imidazole rings is 4. The van der Waals surface area contributed by atoms with E-state index in [2.05, 4.69) is 221 Å². The van der Waals surface area contributed by atoms with E-state index in [0.29, 0.717) is 5.82 Å². The van der Waals surface area contributed by atoms with Crippen molar-refractivity contribution in [1.29, 1.82) is 0 Å². The maximum absolute atomic E-state index is 6.55. The molecule has 80 heavy (non-hydrogen) atoms. The Morgan fingerprint density at radius 1 is 0.400 bits per heavy atom. The fourth-order valence-electron chi connectivity index (χ4n) is 11.7. The van der Waals surface area contributed by atoms with Gasteiger partial charge in [0.1, 0.15) is 22.3 Å². The molecule has 0 amide bonds. The van der Waals surface area contributed by atoms with Crippen LogP contribution < -0.4 is 0 Å².